The fourth-order valence-corrected chi connectivity index (χ4v) is 4.74. The summed E-state index contributed by atoms with van der Waals surface area (Å²) in [7, 11) is -3.82. The van der Waals surface area contributed by atoms with Crippen LogP contribution in [0, 0.1) is 6.92 Å². The number of nitrogens with one attached hydrogen (secondary N) is 1. The van der Waals surface area contributed by atoms with Crippen LogP contribution in [0.3, 0.4) is 0 Å². The number of aryl methyl sites for hydroxylation is 1. The molecule has 0 bridgehead atoms. The molecule has 0 aliphatic heterocycles. The average Bonchev–Trinajstić information content (AvgIpc) is 3.12. The van der Waals surface area contributed by atoms with Gasteiger partial charge in [0.15, 0.2) is 0 Å². The van der Waals surface area contributed by atoms with Crippen LogP contribution in [0.15, 0.2) is 72.8 Å². The molecule has 4 aromatic rings. The molecule has 6 nitrogen and oxygen atoms in total. The van der Waals surface area contributed by atoms with Crippen molar-refractivity contribution in [1.82, 2.24) is 9.78 Å². The Balaban J connectivity index is 1.70. The number of rotatable bonds is 4. The average molecular weight is 431 g/mol. The third-order valence-corrected chi connectivity index (χ3v) is 6.06. The Morgan fingerprint density at radius 2 is 1.74 bits per heavy atom. The van der Waals surface area contributed by atoms with E-state index in [1.165, 1.54) is 27.5 Å². The second kappa shape index (κ2) is 7.37. The molecule has 5 rings (SSSR count). The van der Waals surface area contributed by atoms with Gasteiger partial charge in [-0.1, -0.05) is 42.5 Å². The van der Waals surface area contributed by atoms with E-state index in [4.69, 9.17) is 10.2 Å². The lowest BCUT2D eigenvalue weighted by Crippen LogP contribution is -2.21. The SMILES string of the molecule is Cc1cc(-c2c3c(cc4ccccc24)CC=CC3)n(-c2ccc(NS(N)(=O)=O)cc2)n1. The Morgan fingerprint density at radius 3 is 2.52 bits per heavy atom. The van der Waals surface area contributed by atoms with Crippen molar-refractivity contribution in [2.45, 2.75) is 19.8 Å². The summed E-state index contributed by atoms with van der Waals surface area (Å²) in [5.74, 6) is 0. The first-order chi connectivity index (χ1) is 14.9. The second-order valence-corrected chi connectivity index (χ2v) is 9.06. The zero-order valence-corrected chi connectivity index (χ0v) is 17.9. The van der Waals surface area contributed by atoms with Crippen LogP contribution in [0.25, 0.3) is 27.7 Å². The van der Waals surface area contributed by atoms with Crippen LogP contribution in [-0.2, 0) is 23.1 Å². The molecule has 31 heavy (non-hydrogen) atoms. The van der Waals surface area contributed by atoms with E-state index in [-0.39, 0.29) is 0 Å². The molecule has 0 atom stereocenters. The molecule has 0 spiro atoms. The molecule has 0 fully saturated rings. The highest BCUT2D eigenvalue weighted by molar-refractivity contribution is 7.90. The maximum atomic E-state index is 11.3. The van der Waals surface area contributed by atoms with Crippen LogP contribution in [0.4, 0.5) is 5.69 Å². The van der Waals surface area contributed by atoms with Gasteiger partial charge in [0.2, 0.25) is 0 Å². The molecule has 1 aliphatic carbocycles. The van der Waals surface area contributed by atoms with Gasteiger partial charge in [0, 0.05) is 11.3 Å². The monoisotopic (exact) mass is 430 g/mol. The Kier molecular flexibility index (Phi) is 4.64. The van der Waals surface area contributed by atoms with E-state index < -0.39 is 10.2 Å². The Morgan fingerprint density at radius 1 is 1.00 bits per heavy atom. The second-order valence-electron chi connectivity index (χ2n) is 7.77. The summed E-state index contributed by atoms with van der Waals surface area (Å²) in [6.07, 6.45) is 6.26. The number of hydrogen-bond acceptors (Lipinski definition) is 3. The van der Waals surface area contributed by atoms with Crippen LogP contribution >= 0.6 is 0 Å². The van der Waals surface area contributed by atoms with Gasteiger partial charge in [-0.05, 0) is 72.0 Å². The molecule has 0 amide bonds. The number of hydrogen-bond donors (Lipinski definition) is 2. The number of allylic oxidation sites excluding steroid dienone is 2. The highest BCUT2D eigenvalue weighted by atomic mass is 32.2. The molecule has 156 valence electrons. The van der Waals surface area contributed by atoms with E-state index in [1.54, 1.807) is 12.1 Å². The van der Waals surface area contributed by atoms with Crippen molar-refractivity contribution in [2.24, 2.45) is 5.14 Å². The molecule has 0 unspecified atom stereocenters. The number of anilines is 1. The van der Waals surface area contributed by atoms with Crippen LogP contribution in [0.2, 0.25) is 0 Å². The molecule has 0 saturated carbocycles. The zero-order valence-electron chi connectivity index (χ0n) is 17.0. The number of nitrogens with zero attached hydrogens (tertiary/aromatic N) is 2. The standard InChI is InChI=1S/C24H22N4O2S/c1-16-14-23(28(26-16)20-12-10-19(11-13-20)27-31(25,29)30)24-21-8-4-2-6-17(21)15-18-7-3-5-9-22(18)24/h2-6,8,10-15,27H,7,9H2,1H3,(H2,25,29,30). The fraction of sp³-hybridized carbons (Fsp3) is 0.125. The predicted octanol–water partition coefficient (Wildman–Crippen LogP) is 4.27. The van der Waals surface area contributed by atoms with Crippen molar-refractivity contribution in [3.05, 3.63) is 89.6 Å². The lowest BCUT2D eigenvalue weighted by Gasteiger charge is -2.20. The van der Waals surface area contributed by atoms with E-state index in [9.17, 15) is 8.42 Å². The number of aromatic nitrogens is 2. The molecular weight excluding hydrogens is 408 g/mol. The maximum Gasteiger partial charge on any atom is 0.296 e. The largest absolute Gasteiger partial charge is 0.296 e. The molecule has 1 heterocycles. The van der Waals surface area contributed by atoms with Crippen LogP contribution in [0.1, 0.15) is 16.8 Å². The van der Waals surface area contributed by atoms with Gasteiger partial charge < -0.3 is 0 Å². The summed E-state index contributed by atoms with van der Waals surface area (Å²) in [4.78, 5) is 0. The van der Waals surface area contributed by atoms with Crippen molar-refractivity contribution >= 4 is 26.7 Å². The molecule has 1 aliphatic rings. The van der Waals surface area contributed by atoms with E-state index in [1.807, 2.05) is 23.7 Å². The van der Waals surface area contributed by atoms with Crippen molar-refractivity contribution < 1.29 is 8.42 Å². The Hall–Kier alpha value is -3.42. The Bertz CT molecular complexity index is 1430. The summed E-state index contributed by atoms with van der Waals surface area (Å²) < 4.78 is 26.8. The summed E-state index contributed by atoms with van der Waals surface area (Å²) >= 11 is 0. The van der Waals surface area contributed by atoms with Crippen LogP contribution in [0.5, 0.6) is 0 Å². The van der Waals surface area contributed by atoms with Gasteiger partial charge >= 0.3 is 0 Å². The summed E-state index contributed by atoms with van der Waals surface area (Å²) in [6, 6.07) is 19.9. The molecule has 3 aromatic carbocycles. The minimum absolute atomic E-state index is 0.407. The number of benzene rings is 3. The lowest BCUT2D eigenvalue weighted by molar-refractivity contribution is 0.603. The number of nitrogens with two attached hydrogens (primary N) is 1. The third-order valence-electron chi connectivity index (χ3n) is 5.54. The number of fused-ring (bicyclic) bond motifs is 2. The van der Waals surface area contributed by atoms with Crippen molar-refractivity contribution in [2.75, 3.05) is 4.72 Å². The maximum absolute atomic E-state index is 11.3. The van der Waals surface area contributed by atoms with Gasteiger partial charge in [0.05, 0.1) is 17.1 Å². The molecular formula is C24H22N4O2S. The minimum Gasteiger partial charge on any atom is -0.271 e. The third kappa shape index (κ3) is 3.73. The van der Waals surface area contributed by atoms with E-state index in [0.717, 1.165) is 29.9 Å². The normalized spacial score (nSPS) is 13.4. The first-order valence-corrected chi connectivity index (χ1v) is 11.6. The van der Waals surface area contributed by atoms with Gasteiger partial charge in [-0.15, -0.1) is 0 Å². The minimum atomic E-state index is -3.82. The Labute approximate surface area is 181 Å². The van der Waals surface area contributed by atoms with Gasteiger partial charge in [-0.2, -0.15) is 13.5 Å². The van der Waals surface area contributed by atoms with E-state index in [0.29, 0.717) is 5.69 Å². The van der Waals surface area contributed by atoms with Gasteiger partial charge in [0.1, 0.15) is 0 Å². The van der Waals surface area contributed by atoms with Crippen LogP contribution < -0.4 is 9.86 Å². The van der Waals surface area contributed by atoms with Crippen LogP contribution in [-0.4, -0.2) is 18.2 Å². The van der Waals surface area contributed by atoms with Crippen molar-refractivity contribution in [3.8, 4) is 16.9 Å². The highest BCUT2D eigenvalue weighted by Gasteiger charge is 2.20. The molecule has 0 radical (unpaired) electrons. The van der Waals surface area contributed by atoms with Gasteiger partial charge in [-0.25, -0.2) is 9.82 Å². The molecule has 0 saturated heterocycles. The van der Waals surface area contributed by atoms with E-state index >= 15 is 0 Å². The fourth-order valence-electron chi connectivity index (χ4n) is 4.28. The smallest absolute Gasteiger partial charge is 0.271 e. The van der Waals surface area contributed by atoms with Crippen molar-refractivity contribution in [1.29, 1.82) is 0 Å². The van der Waals surface area contributed by atoms with Gasteiger partial charge in [-0.3, -0.25) is 4.72 Å². The zero-order chi connectivity index (χ0) is 21.6. The summed E-state index contributed by atoms with van der Waals surface area (Å²) in [6.45, 7) is 1.98. The van der Waals surface area contributed by atoms with Crippen molar-refractivity contribution in [3.63, 3.8) is 0 Å². The molecule has 1 aromatic heterocycles. The summed E-state index contributed by atoms with van der Waals surface area (Å²) in [5.41, 5.74) is 7.05. The quantitative estimate of drug-likeness (QED) is 0.474. The topological polar surface area (TPSA) is 90.0 Å². The first-order valence-electron chi connectivity index (χ1n) is 10.1. The molecule has 7 heteroatoms. The first kappa shape index (κ1) is 19.5. The lowest BCUT2D eigenvalue weighted by atomic mass is 9.86. The van der Waals surface area contributed by atoms with Gasteiger partial charge in [0.25, 0.3) is 10.2 Å². The summed E-state index contributed by atoms with van der Waals surface area (Å²) in [5, 5.41) is 12.2. The predicted molar refractivity (Wildman–Crippen MR) is 125 cm³/mol. The van der Waals surface area contributed by atoms with E-state index in [2.05, 4.69) is 53.3 Å². The molecule has 3 N–H and O–H groups in total. The highest BCUT2D eigenvalue weighted by Crippen LogP contribution is 2.38.